The van der Waals surface area contributed by atoms with Gasteiger partial charge in [-0.3, -0.25) is 10.1 Å². The summed E-state index contributed by atoms with van der Waals surface area (Å²) in [7, 11) is 0. The summed E-state index contributed by atoms with van der Waals surface area (Å²) in [5.74, 6) is 0.264. The molecule has 110 valence electrons. The summed E-state index contributed by atoms with van der Waals surface area (Å²) in [6, 6.07) is 7.37. The Kier molecular flexibility index (Phi) is 5.17. The first-order valence-electron chi connectivity index (χ1n) is 5.58. The smallest absolute Gasteiger partial charge is 0.288 e. The van der Waals surface area contributed by atoms with E-state index >= 15 is 0 Å². The number of nitro groups is 1. The number of ether oxygens (including phenoxy) is 1. The summed E-state index contributed by atoms with van der Waals surface area (Å²) in [5.41, 5.74) is 0.374. The summed E-state index contributed by atoms with van der Waals surface area (Å²) in [5, 5.41) is 11.8. The molecule has 0 N–H and O–H groups in total. The fourth-order valence-corrected chi connectivity index (χ4v) is 2.72. The van der Waals surface area contributed by atoms with Gasteiger partial charge in [-0.05, 0) is 23.8 Å². The molecule has 0 heterocycles. The maximum absolute atomic E-state index is 10.8. The van der Waals surface area contributed by atoms with Crippen LogP contribution in [0.4, 0.5) is 5.69 Å². The first-order chi connectivity index (χ1) is 9.88. The molecular weight excluding hydrogens is 360 g/mol. The summed E-state index contributed by atoms with van der Waals surface area (Å²) in [4.78, 5) is 10.3. The molecule has 0 amide bonds. The molecule has 0 aliphatic heterocycles. The highest BCUT2D eigenvalue weighted by atomic mass is 35.5. The predicted molar refractivity (Wildman–Crippen MR) is 83.9 cm³/mol. The highest BCUT2D eigenvalue weighted by molar-refractivity contribution is 6.40. The lowest BCUT2D eigenvalue weighted by Gasteiger charge is -2.10. The first-order valence-corrected chi connectivity index (χ1v) is 7.10. The Morgan fingerprint density at radius 2 is 1.62 bits per heavy atom. The van der Waals surface area contributed by atoms with Crippen LogP contribution in [0.1, 0.15) is 5.56 Å². The summed E-state index contributed by atoms with van der Waals surface area (Å²) in [6.07, 6.45) is 0. The summed E-state index contributed by atoms with van der Waals surface area (Å²) in [6.45, 7) is 0.0546. The van der Waals surface area contributed by atoms with E-state index in [1.807, 2.05) is 0 Å². The number of benzene rings is 2. The second-order valence-corrected chi connectivity index (χ2v) is 5.69. The number of nitrogens with zero attached hydrogens (tertiary/aromatic N) is 1. The van der Waals surface area contributed by atoms with E-state index in [0.717, 1.165) is 0 Å². The fraction of sp³-hybridized carbons (Fsp3) is 0.0769. The van der Waals surface area contributed by atoms with Gasteiger partial charge >= 0.3 is 0 Å². The van der Waals surface area contributed by atoms with E-state index in [0.29, 0.717) is 10.6 Å². The molecule has 4 nitrogen and oxygen atoms in total. The molecule has 0 radical (unpaired) electrons. The van der Waals surface area contributed by atoms with E-state index in [-0.39, 0.29) is 33.1 Å². The Labute approximate surface area is 140 Å². The molecule has 0 aromatic heterocycles. The molecule has 0 bridgehead atoms. The Morgan fingerprint density at radius 3 is 2.19 bits per heavy atom. The number of rotatable bonds is 4. The molecule has 0 spiro atoms. The average Bonchev–Trinajstić information content (AvgIpc) is 2.38. The van der Waals surface area contributed by atoms with Crippen LogP contribution in [0, 0.1) is 10.1 Å². The maximum atomic E-state index is 10.8. The van der Waals surface area contributed by atoms with Gasteiger partial charge in [-0.1, -0.05) is 52.5 Å². The topological polar surface area (TPSA) is 52.4 Å². The molecule has 2 aromatic rings. The van der Waals surface area contributed by atoms with Crippen LogP contribution in [-0.2, 0) is 6.61 Å². The molecule has 0 saturated heterocycles. The Hall–Kier alpha value is -1.20. The standard InChI is InChI=1S/C13H7Cl4NO3/c14-8-4-10(16)13(11(17)5-8)21-6-7-1-2-9(15)12(3-7)18(19)20/h1-5H,6H2. The van der Waals surface area contributed by atoms with Crippen molar-refractivity contribution in [2.45, 2.75) is 6.61 Å². The van der Waals surface area contributed by atoms with Gasteiger partial charge in [0.25, 0.3) is 5.69 Å². The van der Waals surface area contributed by atoms with Gasteiger partial charge in [-0.2, -0.15) is 0 Å². The van der Waals surface area contributed by atoms with Gasteiger partial charge in [-0.15, -0.1) is 0 Å². The quantitative estimate of drug-likeness (QED) is 0.508. The highest BCUT2D eigenvalue weighted by Gasteiger charge is 2.14. The van der Waals surface area contributed by atoms with Crippen LogP contribution in [0.2, 0.25) is 20.1 Å². The van der Waals surface area contributed by atoms with Crippen LogP contribution in [0.5, 0.6) is 5.75 Å². The minimum atomic E-state index is -0.561. The van der Waals surface area contributed by atoms with E-state index < -0.39 is 4.92 Å². The second kappa shape index (κ2) is 6.71. The van der Waals surface area contributed by atoms with Crippen molar-refractivity contribution < 1.29 is 9.66 Å². The molecular formula is C13H7Cl4NO3. The number of nitro benzene ring substituents is 1. The van der Waals surface area contributed by atoms with Crippen LogP contribution < -0.4 is 4.74 Å². The van der Waals surface area contributed by atoms with E-state index in [9.17, 15) is 10.1 Å². The zero-order valence-electron chi connectivity index (χ0n) is 10.3. The predicted octanol–water partition coefficient (Wildman–Crippen LogP) is 5.79. The van der Waals surface area contributed by atoms with E-state index in [4.69, 9.17) is 51.1 Å². The van der Waals surface area contributed by atoms with Crippen LogP contribution in [0.25, 0.3) is 0 Å². The molecule has 8 heteroatoms. The van der Waals surface area contributed by atoms with Gasteiger partial charge in [0, 0.05) is 11.1 Å². The van der Waals surface area contributed by atoms with Crippen LogP contribution in [0.3, 0.4) is 0 Å². The molecule has 2 aromatic carbocycles. The van der Waals surface area contributed by atoms with Gasteiger partial charge in [-0.25, -0.2) is 0 Å². The minimum absolute atomic E-state index is 0.0546. The van der Waals surface area contributed by atoms with Crippen molar-refractivity contribution in [3.8, 4) is 5.75 Å². The minimum Gasteiger partial charge on any atom is -0.486 e. The van der Waals surface area contributed by atoms with Gasteiger partial charge in [0.05, 0.1) is 15.0 Å². The average molecular weight is 367 g/mol. The van der Waals surface area contributed by atoms with Crippen molar-refractivity contribution in [1.29, 1.82) is 0 Å². The van der Waals surface area contributed by atoms with Crippen molar-refractivity contribution in [1.82, 2.24) is 0 Å². The van der Waals surface area contributed by atoms with Crippen molar-refractivity contribution in [2.75, 3.05) is 0 Å². The van der Waals surface area contributed by atoms with Gasteiger partial charge in [0.15, 0.2) is 5.75 Å². The van der Waals surface area contributed by atoms with E-state index in [1.165, 1.54) is 24.3 Å². The summed E-state index contributed by atoms with van der Waals surface area (Å²) < 4.78 is 5.50. The number of hydrogen-bond donors (Lipinski definition) is 0. The van der Waals surface area contributed by atoms with Gasteiger partial charge in [0.1, 0.15) is 11.6 Å². The third kappa shape index (κ3) is 3.92. The number of halogens is 4. The van der Waals surface area contributed by atoms with Crippen LogP contribution >= 0.6 is 46.4 Å². The third-order valence-electron chi connectivity index (χ3n) is 2.55. The molecule has 0 saturated carbocycles. The van der Waals surface area contributed by atoms with Gasteiger partial charge < -0.3 is 4.74 Å². The van der Waals surface area contributed by atoms with Crippen molar-refractivity contribution in [3.05, 3.63) is 66.1 Å². The lowest BCUT2D eigenvalue weighted by molar-refractivity contribution is -0.384. The van der Waals surface area contributed by atoms with Crippen molar-refractivity contribution in [2.24, 2.45) is 0 Å². The Morgan fingerprint density at radius 1 is 1.00 bits per heavy atom. The first kappa shape index (κ1) is 16.2. The lowest BCUT2D eigenvalue weighted by atomic mass is 10.2. The Bertz CT molecular complexity index is 683. The molecule has 0 atom stereocenters. The SMILES string of the molecule is O=[N+]([O-])c1cc(COc2c(Cl)cc(Cl)cc2Cl)ccc1Cl. The Balaban J connectivity index is 2.21. The zero-order chi connectivity index (χ0) is 15.6. The zero-order valence-corrected chi connectivity index (χ0v) is 13.3. The maximum Gasteiger partial charge on any atom is 0.288 e. The molecule has 2 rings (SSSR count). The molecule has 0 fully saturated rings. The van der Waals surface area contributed by atoms with E-state index in [1.54, 1.807) is 6.07 Å². The third-order valence-corrected chi connectivity index (χ3v) is 3.65. The molecule has 0 aliphatic rings. The van der Waals surface area contributed by atoms with Crippen LogP contribution in [0.15, 0.2) is 30.3 Å². The summed E-state index contributed by atoms with van der Waals surface area (Å²) >= 11 is 23.5. The molecule has 0 unspecified atom stereocenters. The van der Waals surface area contributed by atoms with Crippen molar-refractivity contribution >= 4 is 52.1 Å². The molecule has 21 heavy (non-hydrogen) atoms. The van der Waals surface area contributed by atoms with Crippen molar-refractivity contribution in [3.63, 3.8) is 0 Å². The molecule has 0 aliphatic carbocycles. The van der Waals surface area contributed by atoms with E-state index in [2.05, 4.69) is 0 Å². The van der Waals surface area contributed by atoms with Gasteiger partial charge in [0.2, 0.25) is 0 Å². The largest absolute Gasteiger partial charge is 0.486 e. The second-order valence-electron chi connectivity index (χ2n) is 4.03. The normalized spacial score (nSPS) is 10.5. The highest BCUT2D eigenvalue weighted by Crippen LogP contribution is 2.36. The monoisotopic (exact) mass is 365 g/mol. The number of hydrogen-bond acceptors (Lipinski definition) is 3. The lowest BCUT2D eigenvalue weighted by Crippen LogP contribution is -1.98. The fourth-order valence-electron chi connectivity index (χ4n) is 1.61. The van der Waals surface area contributed by atoms with Crippen LogP contribution in [-0.4, -0.2) is 4.92 Å².